The van der Waals surface area contributed by atoms with Gasteiger partial charge in [-0.05, 0) is 18.2 Å². The molecule has 80 valence electrons. The molecule has 5 heteroatoms. The molecule has 0 N–H and O–H groups in total. The smallest absolute Gasteiger partial charge is 0.231 e. The minimum absolute atomic E-state index is 0.103. The highest BCUT2D eigenvalue weighted by molar-refractivity contribution is 6.44. The minimum atomic E-state index is -0.340. The Bertz CT molecular complexity index is 529. The van der Waals surface area contributed by atoms with Gasteiger partial charge in [0.1, 0.15) is 0 Å². The van der Waals surface area contributed by atoms with Gasteiger partial charge in [-0.25, -0.2) is 9.97 Å². The maximum absolute atomic E-state index is 12.0. The molecule has 3 nitrogen and oxygen atoms in total. The van der Waals surface area contributed by atoms with Crippen molar-refractivity contribution in [3.8, 4) is 0 Å². The summed E-state index contributed by atoms with van der Waals surface area (Å²) in [5.74, 6) is -0.236. The summed E-state index contributed by atoms with van der Waals surface area (Å²) in [6, 6.07) is 6.50. The van der Waals surface area contributed by atoms with E-state index >= 15 is 0 Å². The predicted octanol–water partition coefficient (Wildman–Crippen LogP) is 3.01. The van der Waals surface area contributed by atoms with E-state index in [1.807, 2.05) is 0 Å². The second-order valence-corrected chi connectivity index (χ2v) is 3.79. The zero-order valence-corrected chi connectivity index (χ0v) is 9.53. The van der Waals surface area contributed by atoms with Crippen LogP contribution in [0.2, 0.25) is 10.0 Å². The van der Waals surface area contributed by atoms with E-state index in [2.05, 4.69) is 9.97 Å². The average Bonchev–Trinajstić information content (AvgIpc) is 2.33. The fraction of sp³-hybridized carbons (Fsp3) is 0. The third-order valence-electron chi connectivity index (χ3n) is 1.97. The number of hydrogen-bond donors (Lipinski definition) is 0. The topological polar surface area (TPSA) is 42.9 Å². The van der Waals surface area contributed by atoms with E-state index in [1.54, 1.807) is 24.3 Å². The first-order chi connectivity index (χ1) is 7.70. The van der Waals surface area contributed by atoms with Gasteiger partial charge >= 0.3 is 0 Å². The Morgan fingerprint density at radius 3 is 2.44 bits per heavy atom. The second-order valence-electron chi connectivity index (χ2n) is 3.00. The molecule has 2 aromatic rings. The number of carbonyl (C=O) groups is 1. The molecule has 0 unspecified atom stereocenters. The molecule has 0 saturated heterocycles. The van der Waals surface area contributed by atoms with Crippen LogP contribution in [0.1, 0.15) is 16.2 Å². The summed E-state index contributed by atoms with van der Waals surface area (Å²) < 4.78 is 0. The maximum Gasteiger partial charge on any atom is 0.231 e. The van der Waals surface area contributed by atoms with Crippen molar-refractivity contribution < 1.29 is 4.79 Å². The van der Waals surface area contributed by atoms with E-state index in [0.29, 0.717) is 10.6 Å². The Morgan fingerprint density at radius 2 is 1.75 bits per heavy atom. The highest BCUT2D eigenvalue weighted by Gasteiger charge is 2.16. The standard InChI is InChI=1S/C11H6Cl2N2O/c12-8-4-1-3-7(9(8)13)10(16)11-14-5-2-6-15-11/h1-6H. The zero-order valence-electron chi connectivity index (χ0n) is 8.02. The molecule has 0 bridgehead atoms. The number of hydrogen-bond acceptors (Lipinski definition) is 3. The maximum atomic E-state index is 12.0. The fourth-order valence-corrected chi connectivity index (χ4v) is 1.60. The van der Waals surface area contributed by atoms with Gasteiger partial charge < -0.3 is 0 Å². The van der Waals surface area contributed by atoms with Crippen molar-refractivity contribution in [1.29, 1.82) is 0 Å². The lowest BCUT2D eigenvalue weighted by Gasteiger charge is -2.03. The Hall–Kier alpha value is -1.45. The lowest BCUT2D eigenvalue weighted by molar-refractivity contribution is 0.102. The number of ketones is 1. The van der Waals surface area contributed by atoms with Crippen LogP contribution in [0.5, 0.6) is 0 Å². The van der Waals surface area contributed by atoms with Crippen molar-refractivity contribution >= 4 is 29.0 Å². The molecular formula is C11H6Cl2N2O. The average molecular weight is 253 g/mol. The normalized spacial score (nSPS) is 10.1. The van der Waals surface area contributed by atoms with E-state index < -0.39 is 0 Å². The van der Waals surface area contributed by atoms with E-state index in [0.717, 1.165) is 0 Å². The van der Waals surface area contributed by atoms with Crippen molar-refractivity contribution in [3.05, 3.63) is 58.1 Å². The van der Waals surface area contributed by atoms with E-state index in [9.17, 15) is 4.79 Å². The molecule has 0 aliphatic heterocycles. The van der Waals surface area contributed by atoms with Crippen LogP contribution in [0.4, 0.5) is 0 Å². The number of nitrogens with zero attached hydrogens (tertiary/aromatic N) is 2. The Balaban J connectivity index is 2.46. The molecule has 0 saturated carbocycles. The Morgan fingerprint density at radius 1 is 1.06 bits per heavy atom. The van der Waals surface area contributed by atoms with Crippen molar-refractivity contribution in [2.45, 2.75) is 0 Å². The van der Waals surface area contributed by atoms with Crippen LogP contribution in [0.15, 0.2) is 36.7 Å². The quantitative estimate of drug-likeness (QED) is 0.772. The van der Waals surface area contributed by atoms with Crippen LogP contribution in [-0.4, -0.2) is 15.8 Å². The summed E-state index contributed by atoms with van der Waals surface area (Å²) in [5, 5.41) is 0.560. The number of rotatable bonds is 2. The third kappa shape index (κ3) is 2.05. The SMILES string of the molecule is O=C(c1ncccn1)c1cccc(Cl)c1Cl. The van der Waals surface area contributed by atoms with Crippen molar-refractivity contribution in [2.24, 2.45) is 0 Å². The fourth-order valence-electron chi connectivity index (χ4n) is 1.22. The highest BCUT2D eigenvalue weighted by atomic mass is 35.5. The molecule has 1 aromatic carbocycles. The first-order valence-corrected chi connectivity index (χ1v) is 5.21. The predicted molar refractivity (Wildman–Crippen MR) is 61.9 cm³/mol. The minimum Gasteiger partial charge on any atom is -0.285 e. The van der Waals surface area contributed by atoms with Gasteiger partial charge in [-0.15, -0.1) is 0 Å². The second kappa shape index (κ2) is 4.60. The largest absolute Gasteiger partial charge is 0.285 e. The van der Waals surface area contributed by atoms with Crippen LogP contribution >= 0.6 is 23.2 Å². The van der Waals surface area contributed by atoms with Gasteiger partial charge in [-0.1, -0.05) is 29.3 Å². The van der Waals surface area contributed by atoms with E-state index in [4.69, 9.17) is 23.2 Å². The molecule has 1 heterocycles. The molecule has 0 amide bonds. The van der Waals surface area contributed by atoms with Crippen LogP contribution < -0.4 is 0 Å². The molecule has 0 radical (unpaired) electrons. The van der Waals surface area contributed by atoms with Crippen molar-refractivity contribution in [1.82, 2.24) is 9.97 Å². The number of halogens is 2. The van der Waals surface area contributed by atoms with Gasteiger partial charge in [-0.3, -0.25) is 4.79 Å². The van der Waals surface area contributed by atoms with Crippen LogP contribution in [0.3, 0.4) is 0 Å². The van der Waals surface area contributed by atoms with E-state index in [1.165, 1.54) is 12.4 Å². The molecule has 0 spiro atoms. The lowest BCUT2D eigenvalue weighted by Crippen LogP contribution is -2.06. The van der Waals surface area contributed by atoms with E-state index in [-0.39, 0.29) is 16.6 Å². The van der Waals surface area contributed by atoms with Crippen molar-refractivity contribution in [2.75, 3.05) is 0 Å². The van der Waals surface area contributed by atoms with Gasteiger partial charge in [-0.2, -0.15) is 0 Å². The van der Waals surface area contributed by atoms with Gasteiger partial charge in [0, 0.05) is 18.0 Å². The Labute approximate surface area is 102 Å². The third-order valence-corrected chi connectivity index (χ3v) is 2.78. The molecule has 2 rings (SSSR count). The summed E-state index contributed by atoms with van der Waals surface area (Å²) in [6.07, 6.45) is 3.00. The molecule has 0 fully saturated rings. The van der Waals surface area contributed by atoms with Crippen molar-refractivity contribution in [3.63, 3.8) is 0 Å². The van der Waals surface area contributed by atoms with Gasteiger partial charge in [0.15, 0.2) is 0 Å². The number of carbonyl (C=O) groups excluding carboxylic acids is 1. The van der Waals surface area contributed by atoms with Crippen LogP contribution in [0, 0.1) is 0 Å². The molecule has 1 aromatic heterocycles. The van der Waals surface area contributed by atoms with Crippen LogP contribution in [0.25, 0.3) is 0 Å². The molecule has 16 heavy (non-hydrogen) atoms. The molecule has 0 aliphatic carbocycles. The first-order valence-electron chi connectivity index (χ1n) is 4.46. The lowest BCUT2D eigenvalue weighted by atomic mass is 10.1. The number of aromatic nitrogens is 2. The zero-order chi connectivity index (χ0) is 11.5. The summed E-state index contributed by atoms with van der Waals surface area (Å²) in [6.45, 7) is 0. The summed E-state index contributed by atoms with van der Waals surface area (Å²) in [7, 11) is 0. The molecular weight excluding hydrogens is 247 g/mol. The Kier molecular flexibility index (Phi) is 3.17. The van der Waals surface area contributed by atoms with Gasteiger partial charge in [0.25, 0.3) is 0 Å². The van der Waals surface area contributed by atoms with Crippen LogP contribution in [-0.2, 0) is 0 Å². The first kappa shape index (κ1) is 11.0. The summed E-state index contributed by atoms with van der Waals surface area (Å²) in [5.41, 5.74) is 0.306. The van der Waals surface area contributed by atoms with Gasteiger partial charge in [0.05, 0.1) is 10.0 Å². The summed E-state index contributed by atoms with van der Waals surface area (Å²) >= 11 is 11.8. The summed E-state index contributed by atoms with van der Waals surface area (Å²) in [4.78, 5) is 19.7. The number of benzene rings is 1. The van der Waals surface area contributed by atoms with Gasteiger partial charge in [0.2, 0.25) is 11.6 Å². The highest BCUT2D eigenvalue weighted by Crippen LogP contribution is 2.26. The molecule has 0 atom stereocenters. The molecule has 0 aliphatic rings. The monoisotopic (exact) mass is 252 g/mol.